The fourth-order valence-electron chi connectivity index (χ4n) is 1.79. The van der Waals surface area contributed by atoms with Gasteiger partial charge in [0.05, 0.1) is 13.0 Å². The maximum Gasteiger partial charge on any atom is 0.229 e. The molecule has 1 aromatic rings. The van der Waals surface area contributed by atoms with Crippen LogP contribution in [0.5, 0.6) is 0 Å². The zero-order valence-corrected chi connectivity index (χ0v) is 8.85. The van der Waals surface area contributed by atoms with Gasteiger partial charge in [-0.15, -0.1) is 0 Å². The van der Waals surface area contributed by atoms with Crippen molar-refractivity contribution in [3.8, 4) is 0 Å². The number of carbonyl (C=O) groups excluding carboxylic acids is 1. The molecule has 1 saturated heterocycles. The first-order valence-electron chi connectivity index (χ1n) is 5.22. The van der Waals surface area contributed by atoms with Crippen LogP contribution in [-0.2, 0) is 16.0 Å². The van der Waals surface area contributed by atoms with Crippen LogP contribution in [0.3, 0.4) is 0 Å². The molecular weight excluding hydrogens is 190 g/mol. The third kappa shape index (κ3) is 2.36. The second-order valence-corrected chi connectivity index (χ2v) is 3.72. The van der Waals surface area contributed by atoms with Crippen LogP contribution in [0.4, 0.5) is 0 Å². The minimum Gasteiger partial charge on any atom is -0.357 e. The molecule has 0 aliphatic carbocycles. The molecule has 1 amide bonds. The zero-order valence-electron chi connectivity index (χ0n) is 8.85. The van der Waals surface area contributed by atoms with Gasteiger partial charge >= 0.3 is 0 Å². The van der Waals surface area contributed by atoms with Crippen molar-refractivity contribution in [3.05, 3.63) is 35.9 Å². The van der Waals surface area contributed by atoms with Crippen LogP contribution in [0.1, 0.15) is 12.5 Å². The first-order valence-corrected chi connectivity index (χ1v) is 5.22. The Morgan fingerprint density at radius 3 is 2.80 bits per heavy atom. The van der Waals surface area contributed by atoms with E-state index in [9.17, 15) is 4.79 Å². The Morgan fingerprint density at radius 1 is 1.47 bits per heavy atom. The highest BCUT2D eigenvalue weighted by molar-refractivity contribution is 5.79. The quantitative estimate of drug-likeness (QED) is 0.731. The minimum absolute atomic E-state index is 0.0683. The molecule has 1 atom stereocenters. The molecular formula is C12H15NO2. The lowest BCUT2D eigenvalue weighted by molar-refractivity contribution is -0.134. The topological polar surface area (TPSA) is 29.5 Å². The minimum atomic E-state index is -0.0683. The van der Waals surface area contributed by atoms with Crippen molar-refractivity contribution in [1.82, 2.24) is 4.90 Å². The van der Waals surface area contributed by atoms with Crippen molar-refractivity contribution in [2.45, 2.75) is 19.6 Å². The van der Waals surface area contributed by atoms with Crippen molar-refractivity contribution in [2.24, 2.45) is 0 Å². The van der Waals surface area contributed by atoms with Crippen LogP contribution in [0, 0.1) is 0 Å². The number of amides is 1. The maximum atomic E-state index is 11.9. The lowest BCUT2D eigenvalue weighted by Gasteiger charge is -2.19. The summed E-state index contributed by atoms with van der Waals surface area (Å²) in [5.41, 5.74) is 1.06. The van der Waals surface area contributed by atoms with E-state index in [4.69, 9.17) is 4.74 Å². The van der Waals surface area contributed by atoms with Gasteiger partial charge in [-0.25, -0.2) is 0 Å². The average Bonchev–Trinajstić information content (AvgIpc) is 2.66. The van der Waals surface area contributed by atoms with Crippen LogP contribution in [0.2, 0.25) is 0 Å². The number of carbonyl (C=O) groups is 1. The number of hydrogen-bond donors (Lipinski definition) is 0. The maximum absolute atomic E-state index is 11.9. The molecule has 0 aromatic heterocycles. The summed E-state index contributed by atoms with van der Waals surface area (Å²) >= 11 is 0. The van der Waals surface area contributed by atoms with E-state index in [1.54, 1.807) is 4.90 Å². The molecule has 80 valence electrons. The summed E-state index contributed by atoms with van der Waals surface area (Å²) in [6.45, 7) is 3.28. The van der Waals surface area contributed by atoms with E-state index in [2.05, 4.69) is 0 Å². The SMILES string of the molecule is CC1OCCN1C(=O)Cc1ccccc1. The van der Waals surface area contributed by atoms with Gasteiger partial charge in [-0.1, -0.05) is 30.3 Å². The highest BCUT2D eigenvalue weighted by atomic mass is 16.5. The fourth-order valence-corrected chi connectivity index (χ4v) is 1.79. The van der Waals surface area contributed by atoms with Gasteiger partial charge in [-0.05, 0) is 12.5 Å². The van der Waals surface area contributed by atoms with Gasteiger partial charge in [0.25, 0.3) is 0 Å². The molecule has 15 heavy (non-hydrogen) atoms. The lowest BCUT2D eigenvalue weighted by Crippen LogP contribution is -2.35. The Morgan fingerprint density at radius 2 is 2.20 bits per heavy atom. The largest absolute Gasteiger partial charge is 0.357 e. The normalized spacial score (nSPS) is 20.6. The van der Waals surface area contributed by atoms with E-state index in [-0.39, 0.29) is 12.1 Å². The number of hydrogen-bond acceptors (Lipinski definition) is 2. The molecule has 0 N–H and O–H groups in total. The van der Waals surface area contributed by atoms with Crippen molar-refractivity contribution in [3.63, 3.8) is 0 Å². The monoisotopic (exact) mass is 205 g/mol. The van der Waals surface area contributed by atoms with Crippen LogP contribution in [0.25, 0.3) is 0 Å². The van der Waals surface area contributed by atoms with E-state index in [1.165, 1.54) is 0 Å². The van der Waals surface area contributed by atoms with Gasteiger partial charge < -0.3 is 9.64 Å². The summed E-state index contributed by atoms with van der Waals surface area (Å²) in [4.78, 5) is 13.7. The average molecular weight is 205 g/mol. The molecule has 1 aliphatic heterocycles. The zero-order chi connectivity index (χ0) is 10.7. The fraction of sp³-hybridized carbons (Fsp3) is 0.417. The molecule has 1 fully saturated rings. The van der Waals surface area contributed by atoms with E-state index in [0.717, 1.165) is 5.56 Å². The molecule has 3 nitrogen and oxygen atoms in total. The molecule has 0 saturated carbocycles. The van der Waals surface area contributed by atoms with Crippen LogP contribution in [0.15, 0.2) is 30.3 Å². The van der Waals surface area contributed by atoms with E-state index in [0.29, 0.717) is 19.6 Å². The van der Waals surface area contributed by atoms with Crippen molar-refractivity contribution < 1.29 is 9.53 Å². The van der Waals surface area contributed by atoms with Gasteiger partial charge in [-0.3, -0.25) is 4.79 Å². The molecule has 1 unspecified atom stereocenters. The Hall–Kier alpha value is -1.35. The van der Waals surface area contributed by atoms with Crippen LogP contribution < -0.4 is 0 Å². The highest BCUT2D eigenvalue weighted by Gasteiger charge is 2.25. The standard InChI is InChI=1S/C12H15NO2/c1-10-13(7-8-15-10)12(14)9-11-5-3-2-4-6-11/h2-6,10H,7-9H2,1H3. The van der Waals surface area contributed by atoms with E-state index < -0.39 is 0 Å². The molecule has 1 aromatic carbocycles. The van der Waals surface area contributed by atoms with Gasteiger partial charge in [-0.2, -0.15) is 0 Å². The number of ether oxygens (including phenoxy) is 1. The summed E-state index contributed by atoms with van der Waals surface area (Å²) in [7, 11) is 0. The summed E-state index contributed by atoms with van der Waals surface area (Å²) in [5, 5.41) is 0. The number of benzene rings is 1. The molecule has 0 radical (unpaired) electrons. The van der Waals surface area contributed by atoms with Crippen molar-refractivity contribution in [1.29, 1.82) is 0 Å². The highest BCUT2D eigenvalue weighted by Crippen LogP contribution is 2.11. The summed E-state index contributed by atoms with van der Waals surface area (Å²) < 4.78 is 5.33. The molecule has 1 aliphatic rings. The smallest absolute Gasteiger partial charge is 0.229 e. The Kier molecular flexibility index (Phi) is 3.02. The van der Waals surface area contributed by atoms with Gasteiger partial charge in [0.2, 0.25) is 5.91 Å². The molecule has 0 spiro atoms. The van der Waals surface area contributed by atoms with Crippen LogP contribution in [-0.4, -0.2) is 30.2 Å². The van der Waals surface area contributed by atoms with Crippen molar-refractivity contribution >= 4 is 5.91 Å². The Balaban J connectivity index is 1.98. The number of rotatable bonds is 2. The Labute approximate surface area is 89.7 Å². The first-order chi connectivity index (χ1) is 7.27. The van der Waals surface area contributed by atoms with Gasteiger partial charge in [0.1, 0.15) is 6.23 Å². The third-order valence-corrected chi connectivity index (χ3v) is 2.65. The summed E-state index contributed by atoms with van der Waals surface area (Å²) in [6, 6.07) is 9.80. The van der Waals surface area contributed by atoms with E-state index >= 15 is 0 Å². The predicted molar refractivity (Wildman–Crippen MR) is 57.3 cm³/mol. The van der Waals surface area contributed by atoms with Crippen molar-refractivity contribution in [2.75, 3.05) is 13.2 Å². The molecule has 0 bridgehead atoms. The predicted octanol–water partition coefficient (Wildman–Crippen LogP) is 1.43. The second kappa shape index (κ2) is 4.45. The summed E-state index contributed by atoms with van der Waals surface area (Å²) in [5.74, 6) is 0.145. The van der Waals surface area contributed by atoms with Crippen LogP contribution >= 0.6 is 0 Å². The molecule has 1 heterocycles. The third-order valence-electron chi connectivity index (χ3n) is 2.65. The first kappa shape index (κ1) is 10.2. The number of nitrogens with zero attached hydrogens (tertiary/aromatic N) is 1. The summed E-state index contributed by atoms with van der Waals surface area (Å²) in [6.07, 6.45) is 0.398. The Bertz CT molecular complexity index is 337. The molecule has 3 heteroatoms. The lowest BCUT2D eigenvalue weighted by atomic mass is 10.1. The van der Waals surface area contributed by atoms with E-state index in [1.807, 2.05) is 37.3 Å². The van der Waals surface area contributed by atoms with Gasteiger partial charge in [0.15, 0.2) is 0 Å². The van der Waals surface area contributed by atoms with Gasteiger partial charge in [0, 0.05) is 6.54 Å². The second-order valence-electron chi connectivity index (χ2n) is 3.72. The molecule has 2 rings (SSSR count).